The molecule has 0 spiro atoms. The zero-order chi connectivity index (χ0) is 22.4. The van der Waals surface area contributed by atoms with Crippen LogP contribution in [-0.2, 0) is 14.8 Å². The summed E-state index contributed by atoms with van der Waals surface area (Å²) in [6.07, 6.45) is 0. The van der Waals surface area contributed by atoms with E-state index in [4.69, 9.17) is 27.9 Å². The highest BCUT2D eigenvalue weighted by Gasteiger charge is 2.27. The Labute approximate surface area is 191 Å². The summed E-state index contributed by atoms with van der Waals surface area (Å²) in [6.45, 7) is 1.87. The fraction of sp³-hybridized carbons (Fsp3) is 0.136. The van der Waals surface area contributed by atoms with Crippen molar-refractivity contribution in [2.24, 2.45) is 0 Å². The minimum atomic E-state index is -4.01. The van der Waals surface area contributed by atoms with Crippen LogP contribution in [0.15, 0.2) is 77.7 Å². The van der Waals surface area contributed by atoms with Gasteiger partial charge in [-0.2, -0.15) is 0 Å². The molecule has 1 N–H and O–H groups in total. The molecule has 31 heavy (non-hydrogen) atoms. The minimum absolute atomic E-state index is 0.0671. The minimum Gasteiger partial charge on any atom is -0.494 e. The zero-order valence-electron chi connectivity index (χ0n) is 16.6. The van der Waals surface area contributed by atoms with Crippen LogP contribution in [0.4, 0.5) is 11.4 Å². The van der Waals surface area contributed by atoms with Crippen molar-refractivity contribution >= 4 is 50.5 Å². The average molecular weight is 479 g/mol. The van der Waals surface area contributed by atoms with Crippen molar-refractivity contribution < 1.29 is 17.9 Å². The van der Waals surface area contributed by atoms with Crippen LogP contribution in [0.1, 0.15) is 6.92 Å². The zero-order valence-corrected chi connectivity index (χ0v) is 18.9. The van der Waals surface area contributed by atoms with Gasteiger partial charge in [0.1, 0.15) is 12.3 Å². The van der Waals surface area contributed by atoms with E-state index in [0.717, 1.165) is 4.31 Å². The number of ether oxygens (including phenoxy) is 1. The van der Waals surface area contributed by atoms with Crippen molar-refractivity contribution in [1.29, 1.82) is 0 Å². The van der Waals surface area contributed by atoms with Gasteiger partial charge in [0.15, 0.2) is 0 Å². The summed E-state index contributed by atoms with van der Waals surface area (Å²) in [6, 6.07) is 19.0. The van der Waals surface area contributed by atoms with Crippen LogP contribution >= 0.6 is 23.2 Å². The van der Waals surface area contributed by atoms with Crippen molar-refractivity contribution in [3.05, 3.63) is 82.8 Å². The molecule has 0 bridgehead atoms. The van der Waals surface area contributed by atoms with E-state index in [0.29, 0.717) is 28.8 Å². The quantitative estimate of drug-likeness (QED) is 0.480. The number of nitrogens with zero attached hydrogens (tertiary/aromatic N) is 1. The van der Waals surface area contributed by atoms with Crippen LogP contribution in [0.25, 0.3) is 0 Å². The number of hydrogen-bond donors (Lipinski definition) is 1. The second-order valence-electron chi connectivity index (χ2n) is 6.42. The fourth-order valence-electron chi connectivity index (χ4n) is 2.82. The van der Waals surface area contributed by atoms with Crippen LogP contribution in [-0.4, -0.2) is 27.5 Å². The molecule has 0 aromatic heterocycles. The maximum absolute atomic E-state index is 13.3. The lowest BCUT2D eigenvalue weighted by molar-refractivity contribution is -0.114. The summed E-state index contributed by atoms with van der Waals surface area (Å²) < 4.78 is 33.1. The first kappa shape index (κ1) is 22.9. The Kier molecular flexibility index (Phi) is 7.43. The Hall–Kier alpha value is -2.74. The molecule has 3 rings (SSSR count). The third-order valence-corrected chi connectivity index (χ3v) is 6.61. The molecule has 0 saturated heterocycles. The first-order valence-electron chi connectivity index (χ1n) is 9.37. The summed E-state index contributed by atoms with van der Waals surface area (Å²) in [5.74, 6) is 0.0241. The van der Waals surface area contributed by atoms with Crippen molar-refractivity contribution in [2.75, 3.05) is 22.8 Å². The van der Waals surface area contributed by atoms with Crippen LogP contribution in [0.5, 0.6) is 5.75 Å². The number of hydrogen-bond acceptors (Lipinski definition) is 4. The maximum Gasteiger partial charge on any atom is 0.264 e. The molecule has 162 valence electrons. The van der Waals surface area contributed by atoms with E-state index >= 15 is 0 Å². The lowest BCUT2D eigenvalue weighted by atomic mass is 10.3. The van der Waals surface area contributed by atoms with Crippen molar-refractivity contribution in [3.63, 3.8) is 0 Å². The average Bonchev–Trinajstić information content (AvgIpc) is 2.76. The Morgan fingerprint density at radius 1 is 1.00 bits per heavy atom. The third-order valence-electron chi connectivity index (χ3n) is 4.26. The fourth-order valence-corrected chi connectivity index (χ4v) is 4.60. The van der Waals surface area contributed by atoms with Gasteiger partial charge in [0, 0.05) is 5.02 Å². The molecule has 3 aromatic rings. The molecule has 0 unspecified atom stereocenters. The van der Waals surface area contributed by atoms with Crippen LogP contribution in [0.3, 0.4) is 0 Å². The molecule has 0 aliphatic carbocycles. The second-order valence-corrected chi connectivity index (χ2v) is 9.13. The predicted octanol–water partition coefficient (Wildman–Crippen LogP) is 5.23. The molecule has 0 heterocycles. The standard InChI is InChI=1S/C22H20Cl2N2O4S/c1-2-30-18-11-9-17(10-12-18)26(31(28,29)19-6-4-3-5-7-19)15-22(27)25-21-14-16(23)8-13-20(21)24/h3-14H,2,15H2,1H3,(H,25,27). The number of nitrogens with one attached hydrogen (secondary N) is 1. The van der Waals surface area contributed by atoms with E-state index in [1.165, 1.54) is 18.2 Å². The Balaban J connectivity index is 1.93. The summed E-state index contributed by atoms with van der Waals surface area (Å²) >= 11 is 12.1. The summed E-state index contributed by atoms with van der Waals surface area (Å²) in [7, 11) is -4.01. The number of benzene rings is 3. The Bertz CT molecular complexity index is 1150. The number of carbonyl (C=O) groups excluding carboxylic acids is 1. The number of rotatable bonds is 8. The van der Waals surface area contributed by atoms with Gasteiger partial charge in [-0.25, -0.2) is 8.42 Å². The summed E-state index contributed by atoms with van der Waals surface area (Å²) in [5, 5.41) is 3.30. The second kappa shape index (κ2) is 10.0. The highest BCUT2D eigenvalue weighted by molar-refractivity contribution is 7.92. The third kappa shape index (κ3) is 5.70. The normalized spacial score (nSPS) is 11.1. The van der Waals surface area contributed by atoms with E-state index in [1.54, 1.807) is 54.6 Å². The van der Waals surface area contributed by atoms with Gasteiger partial charge in [-0.1, -0.05) is 41.4 Å². The topological polar surface area (TPSA) is 75.7 Å². The van der Waals surface area contributed by atoms with E-state index in [9.17, 15) is 13.2 Å². The highest BCUT2D eigenvalue weighted by atomic mass is 35.5. The Morgan fingerprint density at radius 3 is 2.32 bits per heavy atom. The smallest absolute Gasteiger partial charge is 0.264 e. The van der Waals surface area contributed by atoms with Crippen molar-refractivity contribution in [1.82, 2.24) is 0 Å². The monoisotopic (exact) mass is 478 g/mol. The van der Waals surface area contributed by atoms with Crippen LogP contribution in [0.2, 0.25) is 10.0 Å². The summed E-state index contributed by atoms with van der Waals surface area (Å²) in [5.41, 5.74) is 0.613. The molecule has 6 nitrogen and oxygen atoms in total. The number of amides is 1. The predicted molar refractivity (Wildman–Crippen MR) is 124 cm³/mol. The van der Waals surface area contributed by atoms with Gasteiger partial charge in [0.25, 0.3) is 10.0 Å². The molecule has 0 aliphatic rings. The number of sulfonamides is 1. The first-order valence-corrected chi connectivity index (χ1v) is 11.6. The molecule has 0 aliphatic heterocycles. The molecule has 0 saturated carbocycles. The van der Waals surface area contributed by atoms with Crippen molar-refractivity contribution in [2.45, 2.75) is 11.8 Å². The first-order chi connectivity index (χ1) is 14.8. The number of halogens is 2. The van der Waals surface area contributed by atoms with Gasteiger partial charge in [-0.3, -0.25) is 9.10 Å². The molecule has 9 heteroatoms. The lowest BCUT2D eigenvalue weighted by Crippen LogP contribution is -2.38. The molecule has 3 aromatic carbocycles. The van der Waals surface area contributed by atoms with Crippen LogP contribution < -0.4 is 14.4 Å². The largest absolute Gasteiger partial charge is 0.494 e. The number of anilines is 2. The van der Waals surface area contributed by atoms with Crippen molar-refractivity contribution in [3.8, 4) is 5.75 Å². The van der Waals surface area contributed by atoms with Gasteiger partial charge in [-0.15, -0.1) is 0 Å². The van der Waals surface area contributed by atoms with E-state index in [2.05, 4.69) is 5.32 Å². The SMILES string of the molecule is CCOc1ccc(N(CC(=O)Nc2cc(Cl)ccc2Cl)S(=O)(=O)c2ccccc2)cc1. The van der Waals surface area contributed by atoms with Gasteiger partial charge < -0.3 is 10.1 Å². The summed E-state index contributed by atoms with van der Waals surface area (Å²) in [4.78, 5) is 12.8. The number of carbonyl (C=O) groups is 1. The lowest BCUT2D eigenvalue weighted by Gasteiger charge is -2.24. The highest BCUT2D eigenvalue weighted by Crippen LogP contribution is 2.28. The van der Waals surface area contributed by atoms with Gasteiger partial charge >= 0.3 is 0 Å². The van der Waals surface area contributed by atoms with E-state index < -0.39 is 22.5 Å². The van der Waals surface area contributed by atoms with Gasteiger partial charge in [0.2, 0.25) is 5.91 Å². The molecule has 0 fully saturated rings. The van der Waals surface area contributed by atoms with Gasteiger partial charge in [-0.05, 0) is 61.5 Å². The van der Waals surface area contributed by atoms with E-state index in [-0.39, 0.29) is 9.92 Å². The molecule has 0 radical (unpaired) electrons. The van der Waals surface area contributed by atoms with E-state index in [1.807, 2.05) is 6.92 Å². The maximum atomic E-state index is 13.3. The Morgan fingerprint density at radius 2 is 1.68 bits per heavy atom. The van der Waals surface area contributed by atoms with Gasteiger partial charge in [0.05, 0.1) is 27.9 Å². The molecular formula is C22H20Cl2N2O4S. The molecule has 0 atom stereocenters. The molecule has 1 amide bonds. The van der Waals surface area contributed by atoms with Crippen LogP contribution in [0, 0.1) is 0 Å². The molecular weight excluding hydrogens is 459 g/mol.